The number of benzene rings is 2. The molecule has 0 bridgehead atoms. The zero-order chi connectivity index (χ0) is 18.5. The van der Waals surface area contributed by atoms with Crippen molar-refractivity contribution in [2.75, 3.05) is 17.2 Å². The third-order valence-electron chi connectivity index (χ3n) is 3.57. The van der Waals surface area contributed by atoms with Gasteiger partial charge in [0.25, 0.3) is 5.22 Å². The van der Waals surface area contributed by atoms with Crippen LogP contribution in [0.1, 0.15) is 6.92 Å². The molecular weight excluding hydrogens is 360 g/mol. The first kappa shape index (κ1) is 18.1. The molecule has 0 fully saturated rings. The molecule has 0 atom stereocenters. The highest BCUT2D eigenvalue weighted by atomic mass is 32.2. The highest BCUT2D eigenvalue weighted by molar-refractivity contribution is 7.99. The van der Waals surface area contributed by atoms with Crippen LogP contribution in [0, 0.1) is 11.6 Å². The van der Waals surface area contributed by atoms with E-state index in [2.05, 4.69) is 10.2 Å². The van der Waals surface area contributed by atoms with E-state index in [1.54, 1.807) is 17.0 Å². The average Bonchev–Trinajstić information content (AvgIpc) is 3.12. The average molecular weight is 375 g/mol. The molecule has 0 radical (unpaired) electrons. The summed E-state index contributed by atoms with van der Waals surface area (Å²) in [6, 6.07) is 11.4. The van der Waals surface area contributed by atoms with Crippen molar-refractivity contribution in [2.45, 2.75) is 12.1 Å². The lowest BCUT2D eigenvalue weighted by Gasteiger charge is -2.20. The molecule has 3 aromatic rings. The van der Waals surface area contributed by atoms with Gasteiger partial charge in [-0.05, 0) is 55.5 Å². The van der Waals surface area contributed by atoms with E-state index in [1.807, 2.05) is 6.92 Å². The fourth-order valence-corrected chi connectivity index (χ4v) is 2.94. The minimum Gasteiger partial charge on any atom is -0.411 e. The van der Waals surface area contributed by atoms with E-state index < -0.39 is 0 Å². The van der Waals surface area contributed by atoms with Crippen molar-refractivity contribution in [3.05, 3.63) is 60.2 Å². The second kappa shape index (κ2) is 8.09. The normalized spacial score (nSPS) is 10.7. The van der Waals surface area contributed by atoms with Crippen LogP contribution in [-0.2, 0) is 4.79 Å². The number of carbonyl (C=O) groups excluding carboxylic acids is 1. The summed E-state index contributed by atoms with van der Waals surface area (Å²) in [6.07, 6.45) is 0. The van der Waals surface area contributed by atoms with E-state index in [9.17, 15) is 13.6 Å². The van der Waals surface area contributed by atoms with Crippen molar-refractivity contribution in [1.82, 2.24) is 10.2 Å². The lowest BCUT2D eigenvalue weighted by molar-refractivity contribution is -0.116. The highest BCUT2D eigenvalue weighted by Gasteiger charge is 2.17. The summed E-state index contributed by atoms with van der Waals surface area (Å²) in [5.74, 6) is -0.521. The number of rotatable bonds is 6. The van der Waals surface area contributed by atoms with Gasteiger partial charge in [0.05, 0.1) is 5.75 Å². The Bertz CT molecular complexity index is 882. The van der Waals surface area contributed by atoms with Crippen LogP contribution in [0.2, 0.25) is 0 Å². The zero-order valence-electron chi connectivity index (χ0n) is 13.9. The van der Waals surface area contributed by atoms with Gasteiger partial charge < -0.3 is 9.32 Å². The Morgan fingerprint density at radius 1 is 1.04 bits per heavy atom. The van der Waals surface area contributed by atoms with Gasteiger partial charge in [0, 0.05) is 17.8 Å². The van der Waals surface area contributed by atoms with Crippen LogP contribution in [0.5, 0.6) is 0 Å². The molecule has 1 amide bonds. The molecule has 134 valence electrons. The molecule has 0 N–H and O–H groups in total. The zero-order valence-corrected chi connectivity index (χ0v) is 14.7. The summed E-state index contributed by atoms with van der Waals surface area (Å²) in [4.78, 5) is 14.0. The first-order chi connectivity index (χ1) is 12.6. The van der Waals surface area contributed by atoms with Crippen LogP contribution in [0.3, 0.4) is 0 Å². The van der Waals surface area contributed by atoms with Gasteiger partial charge in [0.2, 0.25) is 11.8 Å². The number of hydrogen-bond donors (Lipinski definition) is 0. The SMILES string of the molecule is CCN(C(=O)CSc1nnc(-c2ccc(F)cc2)o1)c1ccc(F)cc1. The fraction of sp³-hybridized carbons (Fsp3) is 0.167. The second-order valence-corrected chi connectivity index (χ2v) is 6.21. The minimum absolute atomic E-state index is 0.0935. The van der Waals surface area contributed by atoms with Gasteiger partial charge in [-0.15, -0.1) is 10.2 Å². The van der Waals surface area contributed by atoms with E-state index >= 15 is 0 Å². The molecule has 0 saturated heterocycles. The number of thioether (sulfide) groups is 1. The Kier molecular flexibility index (Phi) is 5.62. The maximum atomic E-state index is 13.0. The Labute approximate surface area is 153 Å². The third kappa shape index (κ3) is 4.26. The standard InChI is InChI=1S/C18H15F2N3O2S/c1-2-23(15-9-7-14(20)8-10-15)16(24)11-26-18-22-21-17(25-18)12-3-5-13(19)6-4-12/h3-10H,2,11H2,1H3. The monoisotopic (exact) mass is 375 g/mol. The molecule has 0 unspecified atom stereocenters. The predicted octanol–water partition coefficient (Wildman–Crippen LogP) is 4.16. The smallest absolute Gasteiger partial charge is 0.277 e. The Morgan fingerprint density at radius 2 is 1.65 bits per heavy atom. The van der Waals surface area contributed by atoms with Crippen molar-refractivity contribution >= 4 is 23.4 Å². The van der Waals surface area contributed by atoms with Gasteiger partial charge in [-0.25, -0.2) is 8.78 Å². The molecular formula is C18H15F2N3O2S. The van der Waals surface area contributed by atoms with Crippen molar-refractivity contribution in [3.63, 3.8) is 0 Å². The van der Waals surface area contributed by atoms with Crippen molar-refractivity contribution in [2.24, 2.45) is 0 Å². The van der Waals surface area contributed by atoms with E-state index in [0.29, 0.717) is 17.8 Å². The molecule has 26 heavy (non-hydrogen) atoms. The molecule has 1 aromatic heterocycles. The van der Waals surface area contributed by atoms with Crippen LogP contribution < -0.4 is 4.90 Å². The topological polar surface area (TPSA) is 59.2 Å². The van der Waals surface area contributed by atoms with Gasteiger partial charge in [-0.2, -0.15) is 0 Å². The number of anilines is 1. The van der Waals surface area contributed by atoms with Gasteiger partial charge in [0.1, 0.15) is 11.6 Å². The van der Waals surface area contributed by atoms with Gasteiger partial charge >= 0.3 is 0 Å². The van der Waals surface area contributed by atoms with E-state index in [4.69, 9.17) is 4.42 Å². The van der Waals surface area contributed by atoms with E-state index in [-0.39, 0.29) is 34.4 Å². The van der Waals surface area contributed by atoms with Crippen molar-refractivity contribution < 1.29 is 18.0 Å². The van der Waals surface area contributed by atoms with Gasteiger partial charge in [0.15, 0.2) is 0 Å². The van der Waals surface area contributed by atoms with Crippen LogP contribution in [0.15, 0.2) is 58.2 Å². The molecule has 5 nitrogen and oxygen atoms in total. The number of aromatic nitrogens is 2. The Balaban J connectivity index is 1.63. The van der Waals surface area contributed by atoms with Crippen LogP contribution in [0.4, 0.5) is 14.5 Å². The Morgan fingerprint density at radius 3 is 2.27 bits per heavy atom. The number of nitrogens with zero attached hydrogens (tertiary/aromatic N) is 3. The minimum atomic E-state index is -0.356. The molecule has 0 aliphatic heterocycles. The quantitative estimate of drug-likeness (QED) is 0.606. The third-order valence-corrected chi connectivity index (χ3v) is 4.38. The van der Waals surface area contributed by atoms with Crippen LogP contribution >= 0.6 is 11.8 Å². The lowest BCUT2D eigenvalue weighted by atomic mass is 10.2. The van der Waals surface area contributed by atoms with Crippen LogP contribution in [-0.4, -0.2) is 28.4 Å². The molecule has 0 aliphatic rings. The maximum absolute atomic E-state index is 13.0. The molecule has 0 saturated carbocycles. The summed E-state index contributed by atoms with van der Waals surface area (Å²) in [6.45, 7) is 2.29. The fourth-order valence-electron chi connectivity index (χ4n) is 2.30. The number of hydrogen-bond acceptors (Lipinski definition) is 5. The van der Waals surface area contributed by atoms with Gasteiger partial charge in [-0.3, -0.25) is 4.79 Å². The largest absolute Gasteiger partial charge is 0.411 e. The molecule has 0 spiro atoms. The summed E-state index contributed by atoms with van der Waals surface area (Å²) in [5.41, 5.74) is 1.22. The summed E-state index contributed by atoms with van der Waals surface area (Å²) in [5, 5.41) is 8.03. The maximum Gasteiger partial charge on any atom is 0.277 e. The number of halogens is 2. The second-order valence-electron chi connectivity index (χ2n) is 5.28. The molecule has 8 heteroatoms. The van der Waals surface area contributed by atoms with Crippen molar-refractivity contribution in [1.29, 1.82) is 0 Å². The molecule has 2 aromatic carbocycles. The van der Waals surface area contributed by atoms with Crippen LogP contribution in [0.25, 0.3) is 11.5 Å². The van der Waals surface area contributed by atoms with Gasteiger partial charge in [-0.1, -0.05) is 11.8 Å². The lowest BCUT2D eigenvalue weighted by Crippen LogP contribution is -2.32. The first-order valence-corrected chi connectivity index (χ1v) is 8.83. The predicted molar refractivity (Wildman–Crippen MR) is 94.8 cm³/mol. The number of amides is 1. The highest BCUT2D eigenvalue weighted by Crippen LogP contribution is 2.24. The van der Waals surface area contributed by atoms with E-state index in [0.717, 1.165) is 11.8 Å². The number of carbonyl (C=O) groups is 1. The van der Waals surface area contributed by atoms with Crippen molar-refractivity contribution in [3.8, 4) is 11.5 Å². The van der Waals surface area contributed by atoms with E-state index in [1.165, 1.54) is 36.4 Å². The summed E-state index contributed by atoms with van der Waals surface area (Å²) < 4.78 is 31.5. The molecule has 0 aliphatic carbocycles. The first-order valence-electron chi connectivity index (χ1n) is 7.85. The molecule has 3 rings (SSSR count). The Hall–Kier alpha value is -2.74. The summed E-state index contributed by atoms with van der Waals surface area (Å²) in [7, 11) is 0. The summed E-state index contributed by atoms with van der Waals surface area (Å²) >= 11 is 1.11. The molecule has 1 heterocycles.